The predicted molar refractivity (Wildman–Crippen MR) is 209 cm³/mol. The Morgan fingerprint density at radius 2 is 1.25 bits per heavy atom. The van der Waals surface area contributed by atoms with Crippen molar-refractivity contribution < 1.29 is 9.53 Å². The SMILES string of the molecule is CCCCCCCCCCCCCCCCCCSc1nc(NCCN2CCCC2)nc(SC(CCCCCC)CC(=O)OCCC)n1. The summed E-state index contributed by atoms with van der Waals surface area (Å²) in [4.78, 5) is 29.6. The van der Waals surface area contributed by atoms with Gasteiger partial charge in [0.1, 0.15) is 0 Å². The molecule has 0 radical (unpaired) electrons. The Bertz CT molecular complexity index is 903. The van der Waals surface area contributed by atoms with Gasteiger partial charge in [-0.15, -0.1) is 0 Å². The lowest BCUT2D eigenvalue weighted by atomic mass is 10.0. The van der Waals surface area contributed by atoms with Gasteiger partial charge in [-0.05, 0) is 45.2 Å². The normalized spacial score (nSPS) is 14.1. The first kappa shape index (κ1) is 43.1. The summed E-state index contributed by atoms with van der Waals surface area (Å²) in [6.45, 7) is 11.3. The highest BCUT2D eigenvalue weighted by Gasteiger charge is 2.20. The lowest BCUT2D eigenvalue weighted by Crippen LogP contribution is -2.26. The van der Waals surface area contributed by atoms with Gasteiger partial charge in [-0.2, -0.15) is 15.0 Å². The molecule has 0 amide bonds. The number of nitrogens with zero attached hydrogens (tertiary/aromatic N) is 4. The average Bonchev–Trinajstić information content (AvgIpc) is 3.61. The van der Waals surface area contributed by atoms with E-state index in [2.05, 4.69) is 24.1 Å². The Morgan fingerprint density at radius 3 is 1.83 bits per heavy atom. The van der Waals surface area contributed by atoms with Gasteiger partial charge in [-0.1, -0.05) is 166 Å². The molecule has 1 aliphatic rings. The van der Waals surface area contributed by atoms with Gasteiger partial charge in [0, 0.05) is 24.1 Å². The number of unbranched alkanes of at least 4 members (excludes halogenated alkanes) is 18. The summed E-state index contributed by atoms with van der Waals surface area (Å²) in [7, 11) is 0. The van der Waals surface area contributed by atoms with Gasteiger partial charge in [0.15, 0.2) is 10.3 Å². The van der Waals surface area contributed by atoms with E-state index in [1.165, 1.54) is 148 Å². The second-order valence-corrected chi connectivity index (χ2v) is 16.2. The molecule has 2 rings (SSSR count). The molecule has 0 aliphatic carbocycles. The van der Waals surface area contributed by atoms with Crippen LogP contribution >= 0.6 is 23.5 Å². The first-order valence-electron chi connectivity index (χ1n) is 20.3. The van der Waals surface area contributed by atoms with Crippen molar-refractivity contribution in [2.24, 2.45) is 0 Å². The zero-order valence-electron chi connectivity index (χ0n) is 31.4. The molecule has 1 saturated heterocycles. The molecule has 9 heteroatoms. The standard InChI is InChI=1S/C39H73N5O2S2/c1-4-7-9-11-12-13-14-15-16-17-18-19-20-21-22-26-33-47-38-41-37(40-28-31-44-29-24-25-30-44)42-39(43-38)48-35(27-23-10-8-5-2)34-36(45)46-32-6-3/h35H,4-34H2,1-3H3,(H,40,41,42,43). The number of esters is 1. The van der Waals surface area contributed by atoms with Crippen LogP contribution in [0.3, 0.4) is 0 Å². The molecule has 0 aromatic carbocycles. The van der Waals surface area contributed by atoms with E-state index < -0.39 is 0 Å². The number of hydrogen-bond acceptors (Lipinski definition) is 9. The predicted octanol–water partition coefficient (Wildman–Crippen LogP) is 11.5. The quantitative estimate of drug-likeness (QED) is 0.0436. The Balaban J connectivity index is 1.76. The van der Waals surface area contributed by atoms with Gasteiger partial charge in [-0.3, -0.25) is 4.79 Å². The van der Waals surface area contributed by atoms with Gasteiger partial charge < -0.3 is 15.0 Å². The highest BCUT2D eigenvalue weighted by Crippen LogP contribution is 2.30. The van der Waals surface area contributed by atoms with Crippen molar-refractivity contribution in [2.75, 3.05) is 43.9 Å². The summed E-state index contributed by atoms with van der Waals surface area (Å²) >= 11 is 3.39. The van der Waals surface area contributed by atoms with Crippen molar-refractivity contribution in [3.05, 3.63) is 0 Å². The fraction of sp³-hybridized carbons (Fsp3) is 0.897. The largest absolute Gasteiger partial charge is 0.466 e. The zero-order valence-corrected chi connectivity index (χ0v) is 33.1. The van der Waals surface area contributed by atoms with Crippen LogP contribution in [0.5, 0.6) is 0 Å². The maximum atomic E-state index is 12.6. The van der Waals surface area contributed by atoms with E-state index >= 15 is 0 Å². The summed E-state index contributed by atoms with van der Waals surface area (Å²) in [5, 5.41) is 5.14. The summed E-state index contributed by atoms with van der Waals surface area (Å²) in [5.74, 6) is 1.59. The number of hydrogen-bond donors (Lipinski definition) is 1. The molecule has 1 unspecified atom stereocenters. The van der Waals surface area contributed by atoms with E-state index in [9.17, 15) is 4.79 Å². The molecular weight excluding hydrogens is 635 g/mol. The molecule has 2 heterocycles. The van der Waals surface area contributed by atoms with Crippen LogP contribution in [0.4, 0.5) is 5.95 Å². The highest BCUT2D eigenvalue weighted by atomic mass is 32.2. The van der Waals surface area contributed by atoms with Crippen LogP contribution in [-0.4, -0.2) is 69.6 Å². The zero-order chi connectivity index (χ0) is 34.3. The molecule has 1 aromatic heterocycles. The second kappa shape index (κ2) is 30.7. The molecule has 1 fully saturated rings. The maximum Gasteiger partial charge on any atom is 0.306 e. The fourth-order valence-electron chi connectivity index (χ4n) is 6.29. The third-order valence-electron chi connectivity index (χ3n) is 9.25. The van der Waals surface area contributed by atoms with Crippen molar-refractivity contribution in [2.45, 2.75) is 197 Å². The minimum Gasteiger partial charge on any atom is -0.466 e. The van der Waals surface area contributed by atoms with Crippen molar-refractivity contribution in [3.8, 4) is 0 Å². The lowest BCUT2D eigenvalue weighted by molar-refractivity contribution is -0.143. The van der Waals surface area contributed by atoms with Gasteiger partial charge in [0.05, 0.1) is 13.0 Å². The topological polar surface area (TPSA) is 80.2 Å². The van der Waals surface area contributed by atoms with Crippen LogP contribution in [0.15, 0.2) is 10.3 Å². The molecule has 1 atom stereocenters. The second-order valence-electron chi connectivity index (χ2n) is 13.9. The van der Waals surface area contributed by atoms with Crippen LogP contribution in [0.2, 0.25) is 0 Å². The Hall–Kier alpha value is -1.06. The number of thioether (sulfide) groups is 2. The average molecular weight is 708 g/mol. The van der Waals surface area contributed by atoms with E-state index in [0.717, 1.165) is 48.4 Å². The Kier molecular flexibility index (Phi) is 27.6. The number of carbonyl (C=O) groups excluding carboxylic acids is 1. The first-order valence-corrected chi connectivity index (χ1v) is 22.2. The van der Waals surface area contributed by atoms with Crippen LogP contribution in [-0.2, 0) is 9.53 Å². The molecular formula is C39H73N5O2S2. The molecule has 7 nitrogen and oxygen atoms in total. The monoisotopic (exact) mass is 708 g/mol. The molecule has 0 spiro atoms. The number of anilines is 1. The third kappa shape index (κ3) is 23.4. The Labute approximate surface area is 304 Å². The number of rotatable bonds is 33. The van der Waals surface area contributed by atoms with Gasteiger partial charge in [0.2, 0.25) is 5.95 Å². The molecule has 1 N–H and O–H groups in total. The Morgan fingerprint density at radius 1 is 0.708 bits per heavy atom. The van der Waals surface area contributed by atoms with E-state index in [4.69, 9.17) is 19.7 Å². The summed E-state index contributed by atoms with van der Waals surface area (Å²) < 4.78 is 5.45. The highest BCUT2D eigenvalue weighted by molar-refractivity contribution is 8.00. The number of nitrogens with one attached hydrogen (secondary N) is 1. The maximum absolute atomic E-state index is 12.6. The van der Waals surface area contributed by atoms with Crippen LogP contribution < -0.4 is 5.32 Å². The van der Waals surface area contributed by atoms with Crippen LogP contribution in [0, 0.1) is 0 Å². The fourth-order valence-corrected chi connectivity index (χ4v) is 8.26. The number of carbonyl (C=O) groups is 1. The molecule has 1 aromatic rings. The van der Waals surface area contributed by atoms with Gasteiger partial charge in [-0.25, -0.2) is 0 Å². The third-order valence-corrected chi connectivity index (χ3v) is 11.3. The van der Waals surface area contributed by atoms with Crippen LogP contribution in [0.25, 0.3) is 0 Å². The van der Waals surface area contributed by atoms with E-state index in [-0.39, 0.29) is 11.2 Å². The van der Waals surface area contributed by atoms with E-state index in [1.54, 1.807) is 23.5 Å². The molecule has 1 aliphatic heterocycles. The number of aromatic nitrogens is 3. The van der Waals surface area contributed by atoms with Crippen molar-refractivity contribution in [1.29, 1.82) is 0 Å². The van der Waals surface area contributed by atoms with E-state index in [1.807, 2.05) is 6.92 Å². The first-order chi connectivity index (χ1) is 23.6. The molecule has 48 heavy (non-hydrogen) atoms. The minimum atomic E-state index is -0.110. The number of likely N-dealkylation sites (tertiary alicyclic amines) is 1. The molecule has 0 bridgehead atoms. The minimum absolute atomic E-state index is 0.110. The van der Waals surface area contributed by atoms with Crippen molar-refractivity contribution in [1.82, 2.24) is 19.9 Å². The molecule has 0 saturated carbocycles. The smallest absolute Gasteiger partial charge is 0.306 e. The molecule has 278 valence electrons. The van der Waals surface area contributed by atoms with Crippen molar-refractivity contribution >= 4 is 35.4 Å². The van der Waals surface area contributed by atoms with Gasteiger partial charge >= 0.3 is 5.97 Å². The number of ether oxygens (including phenoxy) is 1. The summed E-state index contributed by atoms with van der Waals surface area (Å²) in [6, 6.07) is 0. The van der Waals surface area contributed by atoms with E-state index in [0.29, 0.717) is 19.0 Å². The van der Waals surface area contributed by atoms with Crippen molar-refractivity contribution in [3.63, 3.8) is 0 Å². The van der Waals surface area contributed by atoms with Gasteiger partial charge in [0.25, 0.3) is 0 Å². The van der Waals surface area contributed by atoms with Crippen LogP contribution in [0.1, 0.15) is 181 Å². The lowest BCUT2D eigenvalue weighted by Gasteiger charge is -2.17. The summed E-state index contributed by atoms with van der Waals surface area (Å²) in [5.41, 5.74) is 0. The summed E-state index contributed by atoms with van der Waals surface area (Å²) in [6.07, 6.45) is 31.7.